The van der Waals surface area contributed by atoms with E-state index in [0.717, 1.165) is 5.56 Å². The summed E-state index contributed by atoms with van der Waals surface area (Å²) in [6.45, 7) is 5.04. The molecule has 1 atom stereocenters. The van der Waals surface area contributed by atoms with Crippen molar-refractivity contribution >= 4 is 0 Å². The van der Waals surface area contributed by atoms with Crippen LogP contribution in [0.15, 0.2) is 18.3 Å². The van der Waals surface area contributed by atoms with Crippen LogP contribution in [0.3, 0.4) is 0 Å². The Labute approximate surface area is 78.1 Å². The van der Waals surface area contributed by atoms with Gasteiger partial charge in [0, 0.05) is 6.20 Å². The number of aliphatic hydroxyl groups is 2. The largest absolute Gasteiger partial charge is 0.389 e. The van der Waals surface area contributed by atoms with Crippen molar-refractivity contribution in [3.8, 4) is 0 Å². The lowest BCUT2D eigenvalue weighted by atomic mass is 10.0. The molecule has 3 heteroatoms. The van der Waals surface area contributed by atoms with Gasteiger partial charge in [-0.05, 0) is 32.4 Å². The highest BCUT2D eigenvalue weighted by molar-refractivity contribution is 5.18. The molecule has 2 N–H and O–H groups in total. The number of aliphatic hydroxyl groups excluding tert-OH is 1. The number of aromatic nitrogens is 1. The van der Waals surface area contributed by atoms with Gasteiger partial charge in [0.15, 0.2) is 0 Å². The monoisotopic (exact) mass is 181 g/mol. The van der Waals surface area contributed by atoms with Gasteiger partial charge in [-0.1, -0.05) is 6.07 Å². The third-order valence-corrected chi connectivity index (χ3v) is 1.90. The average Bonchev–Trinajstić information content (AvgIpc) is 2.03. The maximum atomic E-state index is 9.59. The summed E-state index contributed by atoms with van der Waals surface area (Å²) in [5.74, 6) is 0. The van der Waals surface area contributed by atoms with Crippen LogP contribution in [-0.2, 0) is 5.60 Å². The lowest BCUT2D eigenvalue weighted by Crippen LogP contribution is -2.17. The van der Waals surface area contributed by atoms with Gasteiger partial charge in [-0.2, -0.15) is 0 Å². The predicted octanol–water partition coefficient (Wildman–Crippen LogP) is 1.36. The van der Waals surface area contributed by atoms with Crippen molar-refractivity contribution in [2.75, 3.05) is 0 Å². The van der Waals surface area contributed by atoms with E-state index in [9.17, 15) is 10.2 Å². The van der Waals surface area contributed by atoms with E-state index >= 15 is 0 Å². The molecule has 0 saturated carbocycles. The van der Waals surface area contributed by atoms with Gasteiger partial charge < -0.3 is 10.2 Å². The molecule has 3 nitrogen and oxygen atoms in total. The van der Waals surface area contributed by atoms with Crippen LogP contribution in [0.25, 0.3) is 0 Å². The van der Waals surface area contributed by atoms with Crippen LogP contribution in [0.1, 0.15) is 38.1 Å². The van der Waals surface area contributed by atoms with Gasteiger partial charge in [0.2, 0.25) is 0 Å². The first kappa shape index (κ1) is 10.2. The minimum Gasteiger partial charge on any atom is -0.389 e. The van der Waals surface area contributed by atoms with Gasteiger partial charge in [0.25, 0.3) is 0 Å². The summed E-state index contributed by atoms with van der Waals surface area (Å²) in [5.41, 5.74) is 0.446. The van der Waals surface area contributed by atoms with E-state index in [0.29, 0.717) is 5.69 Å². The Morgan fingerprint density at radius 1 is 1.38 bits per heavy atom. The van der Waals surface area contributed by atoms with Crippen molar-refractivity contribution in [2.45, 2.75) is 32.5 Å². The second kappa shape index (κ2) is 3.44. The molecule has 0 aliphatic carbocycles. The number of hydrogen-bond donors (Lipinski definition) is 2. The summed E-state index contributed by atoms with van der Waals surface area (Å²) < 4.78 is 0. The Balaban J connectivity index is 2.94. The first-order chi connectivity index (χ1) is 5.91. The summed E-state index contributed by atoms with van der Waals surface area (Å²) in [7, 11) is 0. The zero-order valence-electron chi connectivity index (χ0n) is 8.15. The van der Waals surface area contributed by atoms with Crippen molar-refractivity contribution in [1.82, 2.24) is 4.98 Å². The molecule has 72 valence electrons. The fourth-order valence-electron chi connectivity index (χ4n) is 1.01. The molecule has 0 aliphatic heterocycles. The molecular weight excluding hydrogens is 166 g/mol. The summed E-state index contributed by atoms with van der Waals surface area (Å²) >= 11 is 0. The summed E-state index contributed by atoms with van der Waals surface area (Å²) in [6, 6.07) is 3.49. The highest BCUT2D eigenvalue weighted by Gasteiger charge is 2.17. The van der Waals surface area contributed by atoms with E-state index in [1.54, 1.807) is 39.1 Å². The highest BCUT2D eigenvalue weighted by Crippen LogP contribution is 2.18. The predicted molar refractivity (Wildman–Crippen MR) is 50.1 cm³/mol. The van der Waals surface area contributed by atoms with Crippen LogP contribution in [0.2, 0.25) is 0 Å². The summed E-state index contributed by atoms with van der Waals surface area (Å²) in [4.78, 5) is 4.06. The van der Waals surface area contributed by atoms with Gasteiger partial charge in [0.1, 0.15) is 5.60 Å². The van der Waals surface area contributed by atoms with E-state index in [-0.39, 0.29) is 0 Å². The summed E-state index contributed by atoms with van der Waals surface area (Å²) in [6.07, 6.45) is 1.07. The quantitative estimate of drug-likeness (QED) is 0.724. The molecule has 1 unspecified atom stereocenters. The number of rotatable bonds is 2. The fraction of sp³-hybridized carbons (Fsp3) is 0.500. The molecule has 0 saturated heterocycles. The molecule has 1 aromatic heterocycles. The van der Waals surface area contributed by atoms with Crippen LogP contribution in [0, 0.1) is 0 Å². The maximum absolute atomic E-state index is 9.59. The van der Waals surface area contributed by atoms with Crippen LogP contribution < -0.4 is 0 Å². The van der Waals surface area contributed by atoms with E-state index in [1.807, 2.05) is 0 Å². The number of pyridine rings is 1. The van der Waals surface area contributed by atoms with Crippen LogP contribution in [-0.4, -0.2) is 15.2 Å². The van der Waals surface area contributed by atoms with Gasteiger partial charge in [0.05, 0.1) is 11.8 Å². The minimum absolute atomic E-state index is 0.511. The molecule has 1 aromatic rings. The SMILES string of the molecule is CC(O)c1ccc(C(C)(C)O)nc1. The van der Waals surface area contributed by atoms with E-state index < -0.39 is 11.7 Å². The lowest BCUT2D eigenvalue weighted by molar-refractivity contribution is 0.0736. The van der Waals surface area contributed by atoms with Crippen LogP contribution >= 0.6 is 0 Å². The highest BCUT2D eigenvalue weighted by atomic mass is 16.3. The van der Waals surface area contributed by atoms with Crippen molar-refractivity contribution < 1.29 is 10.2 Å². The van der Waals surface area contributed by atoms with E-state index in [1.165, 1.54) is 0 Å². The molecule has 0 bridgehead atoms. The second-order valence-electron chi connectivity index (χ2n) is 3.71. The van der Waals surface area contributed by atoms with Crippen molar-refractivity contribution in [1.29, 1.82) is 0 Å². The zero-order valence-corrected chi connectivity index (χ0v) is 8.15. The summed E-state index contributed by atoms with van der Waals surface area (Å²) in [5, 5.41) is 18.8. The smallest absolute Gasteiger partial charge is 0.101 e. The van der Waals surface area contributed by atoms with E-state index in [4.69, 9.17) is 0 Å². The van der Waals surface area contributed by atoms with E-state index in [2.05, 4.69) is 4.98 Å². The van der Waals surface area contributed by atoms with Crippen molar-refractivity contribution in [3.63, 3.8) is 0 Å². The molecule has 0 amide bonds. The van der Waals surface area contributed by atoms with Crippen molar-refractivity contribution in [2.24, 2.45) is 0 Å². The molecule has 0 spiro atoms. The normalized spacial score (nSPS) is 14.2. The Hall–Kier alpha value is -0.930. The molecule has 0 fully saturated rings. The maximum Gasteiger partial charge on any atom is 0.101 e. The topological polar surface area (TPSA) is 53.4 Å². The molecule has 1 heterocycles. The second-order valence-corrected chi connectivity index (χ2v) is 3.71. The van der Waals surface area contributed by atoms with Gasteiger partial charge >= 0.3 is 0 Å². The Morgan fingerprint density at radius 3 is 2.31 bits per heavy atom. The molecular formula is C10H15NO2. The minimum atomic E-state index is -0.919. The number of nitrogens with zero attached hydrogens (tertiary/aromatic N) is 1. The molecule has 0 radical (unpaired) electrons. The standard InChI is InChI=1S/C10H15NO2/c1-7(12)8-4-5-9(11-6-8)10(2,3)13/h4-7,12-13H,1-3H3. The molecule has 1 rings (SSSR count). The lowest BCUT2D eigenvalue weighted by Gasteiger charge is -2.16. The van der Waals surface area contributed by atoms with Crippen LogP contribution in [0.5, 0.6) is 0 Å². The average molecular weight is 181 g/mol. The third-order valence-electron chi connectivity index (χ3n) is 1.90. The molecule has 13 heavy (non-hydrogen) atoms. The molecule has 0 aliphatic rings. The zero-order chi connectivity index (χ0) is 10.1. The van der Waals surface area contributed by atoms with Crippen molar-refractivity contribution in [3.05, 3.63) is 29.6 Å². The Kier molecular flexibility index (Phi) is 2.68. The Bertz CT molecular complexity index is 272. The first-order valence-electron chi connectivity index (χ1n) is 4.28. The third kappa shape index (κ3) is 2.50. The Morgan fingerprint density at radius 2 is 2.00 bits per heavy atom. The van der Waals surface area contributed by atoms with Gasteiger partial charge in [-0.25, -0.2) is 0 Å². The fourth-order valence-corrected chi connectivity index (χ4v) is 1.01. The van der Waals surface area contributed by atoms with Gasteiger partial charge in [-0.3, -0.25) is 4.98 Å². The van der Waals surface area contributed by atoms with Crippen LogP contribution in [0.4, 0.5) is 0 Å². The molecule has 0 aromatic carbocycles. The van der Waals surface area contributed by atoms with Gasteiger partial charge in [-0.15, -0.1) is 0 Å². The number of hydrogen-bond acceptors (Lipinski definition) is 3. The first-order valence-corrected chi connectivity index (χ1v) is 4.28.